The third-order valence-electron chi connectivity index (χ3n) is 3.94. The maximum Gasteiger partial charge on any atom is 0.240 e. The van der Waals surface area contributed by atoms with E-state index in [1.165, 1.54) is 0 Å². The van der Waals surface area contributed by atoms with Crippen molar-refractivity contribution in [2.45, 2.75) is 4.90 Å². The Hall–Kier alpha value is -1.93. The minimum absolute atomic E-state index is 0.231. The summed E-state index contributed by atoms with van der Waals surface area (Å²) in [5.41, 5.74) is 0. The lowest BCUT2D eigenvalue weighted by molar-refractivity contribution is 0.0390. The van der Waals surface area contributed by atoms with Crippen molar-refractivity contribution in [2.24, 2.45) is 0 Å². The van der Waals surface area contributed by atoms with Gasteiger partial charge in [-0.3, -0.25) is 4.90 Å². The van der Waals surface area contributed by atoms with Crippen LogP contribution in [0.5, 0.6) is 11.5 Å². The van der Waals surface area contributed by atoms with Gasteiger partial charge in [0.15, 0.2) is 0 Å². The van der Waals surface area contributed by atoms with Crippen LogP contribution in [0.3, 0.4) is 0 Å². The fourth-order valence-electron chi connectivity index (χ4n) is 2.56. The quantitative estimate of drug-likeness (QED) is 0.817. The van der Waals surface area contributed by atoms with Crippen molar-refractivity contribution in [3.05, 3.63) is 54.6 Å². The SMILES string of the molecule is O=S(=O)(NCCN1CCOCC1)c1ccc(Oc2ccccc2)cc1. The molecule has 134 valence electrons. The van der Waals surface area contributed by atoms with Crippen molar-refractivity contribution in [2.75, 3.05) is 39.4 Å². The van der Waals surface area contributed by atoms with Gasteiger partial charge < -0.3 is 9.47 Å². The number of rotatable bonds is 7. The van der Waals surface area contributed by atoms with Gasteiger partial charge in [0.25, 0.3) is 0 Å². The Morgan fingerprint density at radius 1 is 0.960 bits per heavy atom. The van der Waals surface area contributed by atoms with E-state index in [-0.39, 0.29) is 4.90 Å². The molecule has 0 aliphatic carbocycles. The lowest BCUT2D eigenvalue weighted by Crippen LogP contribution is -2.41. The van der Waals surface area contributed by atoms with Gasteiger partial charge in [0.1, 0.15) is 11.5 Å². The average Bonchev–Trinajstić information content (AvgIpc) is 2.64. The number of ether oxygens (including phenoxy) is 2. The zero-order chi connectivity index (χ0) is 17.5. The molecule has 1 fully saturated rings. The first kappa shape index (κ1) is 17.9. The number of benzene rings is 2. The zero-order valence-electron chi connectivity index (χ0n) is 13.9. The number of morpholine rings is 1. The lowest BCUT2D eigenvalue weighted by Gasteiger charge is -2.26. The molecule has 3 rings (SSSR count). The Labute approximate surface area is 148 Å². The summed E-state index contributed by atoms with van der Waals surface area (Å²) in [6.45, 7) is 4.15. The van der Waals surface area contributed by atoms with Crippen LogP contribution >= 0.6 is 0 Å². The van der Waals surface area contributed by atoms with Crippen LogP contribution in [0.25, 0.3) is 0 Å². The molecule has 0 saturated carbocycles. The Morgan fingerprint density at radius 2 is 1.60 bits per heavy atom. The third kappa shape index (κ3) is 5.27. The highest BCUT2D eigenvalue weighted by molar-refractivity contribution is 7.89. The van der Waals surface area contributed by atoms with E-state index in [2.05, 4.69) is 9.62 Å². The maximum atomic E-state index is 12.3. The molecule has 25 heavy (non-hydrogen) atoms. The minimum Gasteiger partial charge on any atom is -0.457 e. The number of para-hydroxylation sites is 1. The molecule has 1 heterocycles. The van der Waals surface area contributed by atoms with Gasteiger partial charge in [0, 0.05) is 26.2 Å². The van der Waals surface area contributed by atoms with Crippen LogP contribution in [-0.4, -0.2) is 52.7 Å². The Bertz CT molecular complexity index is 757. The molecular weight excluding hydrogens is 340 g/mol. The van der Waals surface area contributed by atoms with Crippen LogP contribution in [0.15, 0.2) is 59.5 Å². The summed E-state index contributed by atoms with van der Waals surface area (Å²) in [6, 6.07) is 15.8. The van der Waals surface area contributed by atoms with Gasteiger partial charge in [0.05, 0.1) is 18.1 Å². The summed E-state index contributed by atoms with van der Waals surface area (Å²) < 4.78 is 38.3. The smallest absolute Gasteiger partial charge is 0.240 e. The van der Waals surface area contributed by atoms with Gasteiger partial charge in [-0.1, -0.05) is 18.2 Å². The van der Waals surface area contributed by atoms with Gasteiger partial charge in [-0.2, -0.15) is 0 Å². The molecule has 0 aromatic heterocycles. The van der Waals surface area contributed by atoms with E-state index in [1.807, 2.05) is 30.3 Å². The lowest BCUT2D eigenvalue weighted by atomic mass is 10.3. The van der Waals surface area contributed by atoms with Crippen LogP contribution in [0.2, 0.25) is 0 Å². The largest absolute Gasteiger partial charge is 0.457 e. The number of hydrogen-bond donors (Lipinski definition) is 1. The van der Waals surface area contributed by atoms with E-state index in [9.17, 15) is 8.42 Å². The van der Waals surface area contributed by atoms with Gasteiger partial charge in [0.2, 0.25) is 10.0 Å². The molecule has 1 aliphatic heterocycles. The molecule has 0 bridgehead atoms. The highest BCUT2D eigenvalue weighted by atomic mass is 32.2. The first-order chi connectivity index (χ1) is 12.1. The summed E-state index contributed by atoms with van der Waals surface area (Å²) in [5.74, 6) is 1.31. The third-order valence-corrected chi connectivity index (χ3v) is 5.41. The van der Waals surface area contributed by atoms with Crippen molar-refractivity contribution in [1.29, 1.82) is 0 Å². The highest BCUT2D eigenvalue weighted by Gasteiger charge is 2.15. The monoisotopic (exact) mass is 362 g/mol. The summed E-state index contributed by atoms with van der Waals surface area (Å²) in [5, 5.41) is 0. The van der Waals surface area contributed by atoms with Crippen LogP contribution in [0.4, 0.5) is 0 Å². The van der Waals surface area contributed by atoms with E-state index in [1.54, 1.807) is 24.3 Å². The molecule has 7 heteroatoms. The van der Waals surface area contributed by atoms with Crippen LogP contribution < -0.4 is 9.46 Å². The first-order valence-electron chi connectivity index (χ1n) is 8.26. The van der Waals surface area contributed by atoms with Gasteiger partial charge in [-0.25, -0.2) is 13.1 Å². The molecule has 0 spiro atoms. The number of nitrogens with zero attached hydrogens (tertiary/aromatic N) is 1. The first-order valence-corrected chi connectivity index (χ1v) is 9.74. The van der Waals surface area contributed by atoms with Gasteiger partial charge >= 0.3 is 0 Å². The zero-order valence-corrected chi connectivity index (χ0v) is 14.7. The topological polar surface area (TPSA) is 67.9 Å². The van der Waals surface area contributed by atoms with Gasteiger partial charge in [-0.05, 0) is 36.4 Å². The van der Waals surface area contributed by atoms with Crippen LogP contribution in [0, 0.1) is 0 Å². The van der Waals surface area contributed by atoms with Crippen molar-refractivity contribution < 1.29 is 17.9 Å². The second-order valence-electron chi connectivity index (χ2n) is 5.74. The van der Waals surface area contributed by atoms with Crippen molar-refractivity contribution >= 4 is 10.0 Å². The van der Waals surface area contributed by atoms with Gasteiger partial charge in [-0.15, -0.1) is 0 Å². The molecule has 0 unspecified atom stereocenters. The molecule has 1 N–H and O–H groups in total. The molecule has 0 radical (unpaired) electrons. The number of sulfonamides is 1. The Balaban J connectivity index is 1.54. The van der Waals surface area contributed by atoms with E-state index < -0.39 is 10.0 Å². The van der Waals surface area contributed by atoms with E-state index in [4.69, 9.17) is 9.47 Å². The molecular formula is C18H22N2O4S. The summed E-state index contributed by atoms with van der Waals surface area (Å²) in [7, 11) is -3.51. The van der Waals surface area contributed by atoms with Crippen LogP contribution in [0.1, 0.15) is 0 Å². The number of nitrogens with one attached hydrogen (secondary N) is 1. The molecule has 6 nitrogen and oxygen atoms in total. The molecule has 2 aromatic rings. The van der Waals surface area contributed by atoms with E-state index in [0.717, 1.165) is 13.1 Å². The predicted molar refractivity (Wildman–Crippen MR) is 95.4 cm³/mol. The Morgan fingerprint density at radius 3 is 2.28 bits per heavy atom. The van der Waals surface area contributed by atoms with Crippen LogP contribution in [-0.2, 0) is 14.8 Å². The Kier molecular flexibility index (Phi) is 6.04. The highest BCUT2D eigenvalue weighted by Crippen LogP contribution is 2.22. The van der Waals surface area contributed by atoms with Crippen molar-refractivity contribution in [1.82, 2.24) is 9.62 Å². The number of hydrogen-bond acceptors (Lipinski definition) is 5. The minimum atomic E-state index is -3.51. The molecule has 1 saturated heterocycles. The molecule has 0 amide bonds. The maximum absolute atomic E-state index is 12.3. The second-order valence-corrected chi connectivity index (χ2v) is 7.51. The molecule has 1 aliphatic rings. The molecule has 0 atom stereocenters. The predicted octanol–water partition coefficient (Wildman–Crippen LogP) is 2.09. The fourth-order valence-corrected chi connectivity index (χ4v) is 3.58. The van der Waals surface area contributed by atoms with Crippen molar-refractivity contribution in [3.8, 4) is 11.5 Å². The van der Waals surface area contributed by atoms with Crippen molar-refractivity contribution in [3.63, 3.8) is 0 Å². The second kappa shape index (κ2) is 8.44. The molecule has 2 aromatic carbocycles. The van der Waals surface area contributed by atoms with E-state index >= 15 is 0 Å². The standard InChI is InChI=1S/C18H22N2O4S/c21-25(22,19-10-11-20-12-14-23-15-13-20)18-8-6-17(7-9-18)24-16-4-2-1-3-5-16/h1-9,19H,10-15H2. The van der Waals surface area contributed by atoms with E-state index in [0.29, 0.717) is 37.8 Å². The summed E-state index contributed by atoms with van der Waals surface area (Å²) in [6.07, 6.45) is 0. The average molecular weight is 362 g/mol. The summed E-state index contributed by atoms with van der Waals surface area (Å²) >= 11 is 0. The fraction of sp³-hybridized carbons (Fsp3) is 0.333. The normalized spacial score (nSPS) is 15.8. The summed E-state index contributed by atoms with van der Waals surface area (Å²) in [4.78, 5) is 2.41.